The van der Waals surface area contributed by atoms with Crippen molar-refractivity contribution in [2.24, 2.45) is 0 Å². The van der Waals surface area contributed by atoms with Crippen molar-refractivity contribution in [1.82, 2.24) is 15.0 Å². The highest BCUT2D eigenvalue weighted by molar-refractivity contribution is 7.99. The number of nitrogens with zero attached hydrogens (tertiary/aromatic N) is 5. The monoisotopic (exact) mass is 599 g/mol. The largest absolute Gasteiger partial charge is 0.453 e. The van der Waals surface area contributed by atoms with Crippen LogP contribution in [0, 0.1) is 0 Å². The fourth-order valence-corrected chi connectivity index (χ4v) is 7.15. The van der Waals surface area contributed by atoms with E-state index < -0.39 is 0 Å². The van der Waals surface area contributed by atoms with Crippen molar-refractivity contribution in [2.45, 2.75) is 9.79 Å². The first-order valence-corrected chi connectivity index (χ1v) is 15.6. The van der Waals surface area contributed by atoms with E-state index in [0.717, 1.165) is 62.6 Å². The van der Waals surface area contributed by atoms with Gasteiger partial charge in [-0.25, -0.2) is 4.68 Å². The van der Waals surface area contributed by atoms with Crippen LogP contribution in [0.3, 0.4) is 0 Å². The predicted molar refractivity (Wildman–Crippen MR) is 180 cm³/mol. The average molecular weight is 600 g/mol. The molecule has 214 valence electrons. The van der Waals surface area contributed by atoms with E-state index in [2.05, 4.69) is 123 Å². The minimum absolute atomic E-state index is 0.800. The lowest BCUT2D eigenvalue weighted by Crippen LogP contribution is -2.17. The Hall–Kier alpha value is -5.79. The van der Waals surface area contributed by atoms with Crippen LogP contribution in [0.5, 0.6) is 11.5 Å². The van der Waals surface area contributed by atoms with Gasteiger partial charge in [-0.2, -0.15) is 0 Å². The van der Waals surface area contributed by atoms with Crippen LogP contribution in [0.4, 0.5) is 34.1 Å². The summed E-state index contributed by atoms with van der Waals surface area (Å²) in [4.78, 5) is 6.99. The van der Waals surface area contributed by atoms with Gasteiger partial charge < -0.3 is 14.5 Å². The number of rotatable bonds is 4. The molecule has 7 heteroatoms. The maximum atomic E-state index is 6.19. The van der Waals surface area contributed by atoms with Crippen LogP contribution in [-0.2, 0) is 0 Å². The number of fused-ring (bicyclic) bond motifs is 4. The van der Waals surface area contributed by atoms with Crippen molar-refractivity contribution in [3.8, 4) is 28.4 Å². The van der Waals surface area contributed by atoms with E-state index >= 15 is 0 Å². The molecule has 2 aliphatic heterocycles. The van der Waals surface area contributed by atoms with Gasteiger partial charge in [0.1, 0.15) is 5.69 Å². The molecule has 0 saturated heterocycles. The van der Waals surface area contributed by atoms with Gasteiger partial charge in [0, 0.05) is 21.0 Å². The molecule has 7 aromatic rings. The molecule has 0 aliphatic carbocycles. The van der Waals surface area contributed by atoms with Crippen molar-refractivity contribution in [1.29, 1.82) is 0 Å². The maximum Gasteiger partial charge on any atom is 0.151 e. The number of aromatic nitrogens is 3. The van der Waals surface area contributed by atoms with E-state index in [-0.39, 0.29) is 0 Å². The highest BCUT2D eigenvalue weighted by Gasteiger charge is 2.27. The number of hydrogen-bond acceptors (Lipinski definition) is 6. The van der Waals surface area contributed by atoms with Crippen molar-refractivity contribution < 1.29 is 4.74 Å². The highest BCUT2D eigenvalue weighted by Crippen LogP contribution is 2.52. The minimum Gasteiger partial charge on any atom is -0.453 e. The quantitative estimate of drug-likeness (QED) is 0.201. The summed E-state index contributed by atoms with van der Waals surface area (Å²) in [6, 6.07) is 50.1. The van der Waals surface area contributed by atoms with Gasteiger partial charge in [-0.3, -0.25) is 0 Å². The summed E-state index contributed by atoms with van der Waals surface area (Å²) in [5.74, 6) is 1.67. The summed E-state index contributed by atoms with van der Waals surface area (Å²) < 4.78 is 8.07. The van der Waals surface area contributed by atoms with Crippen LogP contribution in [0.15, 0.2) is 162 Å². The fourth-order valence-electron chi connectivity index (χ4n) is 6.09. The van der Waals surface area contributed by atoms with Gasteiger partial charge in [-0.1, -0.05) is 89.8 Å². The van der Waals surface area contributed by atoms with Gasteiger partial charge in [0.05, 0.1) is 40.3 Å². The number of hydrogen-bond donors (Lipinski definition) is 0. The van der Waals surface area contributed by atoms with Gasteiger partial charge in [-0.15, -0.1) is 5.10 Å². The zero-order valence-electron chi connectivity index (χ0n) is 24.0. The third kappa shape index (κ3) is 4.28. The lowest BCUT2D eigenvalue weighted by Gasteiger charge is -2.33. The molecule has 45 heavy (non-hydrogen) atoms. The van der Waals surface area contributed by atoms with Gasteiger partial charge in [0.15, 0.2) is 11.5 Å². The lowest BCUT2D eigenvalue weighted by atomic mass is 10.1. The SMILES string of the molecule is c1ccc2c(c1)Oc1ccccc1N2c1ccc(-c2cn(-c3ccccc3N3c4ccccc4Sc4ccccc43)nn2)cc1. The molecule has 6 nitrogen and oxygen atoms in total. The molecule has 0 radical (unpaired) electrons. The Kier molecular flexibility index (Phi) is 5.96. The molecule has 9 rings (SSSR count). The van der Waals surface area contributed by atoms with E-state index in [1.165, 1.54) is 9.79 Å². The zero-order chi connectivity index (χ0) is 29.7. The molecule has 1 aromatic heterocycles. The van der Waals surface area contributed by atoms with Crippen LogP contribution < -0.4 is 14.5 Å². The first-order valence-electron chi connectivity index (χ1n) is 14.8. The first kappa shape index (κ1) is 25.7. The average Bonchev–Trinajstić information content (AvgIpc) is 3.60. The van der Waals surface area contributed by atoms with E-state index in [1.54, 1.807) is 11.8 Å². The third-order valence-corrected chi connectivity index (χ3v) is 9.28. The summed E-state index contributed by atoms with van der Waals surface area (Å²) in [7, 11) is 0. The number of benzene rings is 6. The molecule has 0 spiro atoms. The smallest absolute Gasteiger partial charge is 0.151 e. The molecule has 3 heterocycles. The van der Waals surface area contributed by atoms with Gasteiger partial charge in [0.2, 0.25) is 0 Å². The minimum atomic E-state index is 0.800. The molecular formula is C38H25N5OS. The fraction of sp³-hybridized carbons (Fsp3) is 0. The second kappa shape index (κ2) is 10.4. The molecule has 0 N–H and O–H groups in total. The van der Waals surface area contributed by atoms with Gasteiger partial charge >= 0.3 is 0 Å². The van der Waals surface area contributed by atoms with Crippen molar-refractivity contribution in [3.05, 3.63) is 152 Å². The molecule has 0 atom stereocenters. The predicted octanol–water partition coefficient (Wildman–Crippen LogP) is 10.4. The van der Waals surface area contributed by atoms with E-state index in [9.17, 15) is 0 Å². The van der Waals surface area contributed by atoms with Crippen molar-refractivity contribution in [3.63, 3.8) is 0 Å². The number of anilines is 6. The molecule has 0 amide bonds. The second-order valence-electron chi connectivity index (χ2n) is 10.8. The van der Waals surface area contributed by atoms with Gasteiger partial charge in [0.25, 0.3) is 0 Å². The molecule has 0 saturated carbocycles. The molecule has 6 aromatic carbocycles. The Morgan fingerprint density at radius 2 is 0.978 bits per heavy atom. The van der Waals surface area contributed by atoms with Crippen LogP contribution in [-0.4, -0.2) is 15.0 Å². The van der Waals surface area contributed by atoms with Crippen molar-refractivity contribution >= 4 is 45.9 Å². The summed E-state index contributed by atoms with van der Waals surface area (Å²) in [5, 5.41) is 9.22. The Morgan fingerprint density at radius 1 is 0.467 bits per heavy atom. The number of ether oxygens (including phenoxy) is 1. The third-order valence-electron chi connectivity index (χ3n) is 8.15. The van der Waals surface area contributed by atoms with Crippen LogP contribution >= 0.6 is 11.8 Å². The summed E-state index contributed by atoms with van der Waals surface area (Å²) in [6.45, 7) is 0. The Labute approximate surface area is 264 Å². The number of para-hydroxylation sites is 8. The Bertz CT molecular complexity index is 2120. The molecule has 2 aliphatic rings. The van der Waals surface area contributed by atoms with E-state index in [4.69, 9.17) is 4.74 Å². The summed E-state index contributed by atoms with van der Waals surface area (Å²) in [5.41, 5.74) is 9.12. The summed E-state index contributed by atoms with van der Waals surface area (Å²) >= 11 is 1.80. The standard InChI is InChI=1S/C38H25N5OS/c1-2-12-30(43-33-15-5-9-19-37(33)45-38-20-10-6-16-34(38)43)29(11-1)41-25-28(39-40-41)26-21-23-27(24-22-26)42-31-13-3-7-17-35(31)44-36-18-8-4-14-32(36)42/h1-25H. The first-order chi connectivity index (χ1) is 22.3. The zero-order valence-corrected chi connectivity index (χ0v) is 24.8. The maximum absolute atomic E-state index is 6.19. The summed E-state index contributed by atoms with van der Waals surface area (Å²) in [6.07, 6.45) is 2.00. The Balaban J connectivity index is 1.08. The lowest BCUT2D eigenvalue weighted by molar-refractivity contribution is 0.477. The molecule has 0 fully saturated rings. The van der Waals surface area contributed by atoms with E-state index in [1.807, 2.05) is 53.3 Å². The molecule has 0 unspecified atom stereocenters. The van der Waals surface area contributed by atoms with Crippen LogP contribution in [0.1, 0.15) is 0 Å². The van der Waals surface area contributed by atoms with Crippen molar-refractivity contribution in [2.75, 3.05) is 9.80 Å². The molecule has 0 bridgehead atoms. The van der Waals surface area contributed by atoms with E-state index in [0.29, 0.717) is 0 Å². The second-order valence-corrected chi connectivity index (χ2v) is 11.9. The van der Waals surface area contributed by atoms with Crippen LogP contribution in [0.25, 0.3) is 16.9 Å². The highest BCUT2D eigenvalue weighted by atomic mass is 32.2. The molecular weight excluding hydrogens is 575 g/mol. The van der Waals surface area contributed by atoms with Gasteiger partial charge in [-0.05, 0) is 72.8 Å². The topological polar surface area (TPSA) is 46.4 Å². The normalized spacial score (nSPS) is 12.9. The van der Waals surface area contributed by atoms with Crippen LogP contribution in [0.2, 0.25) is 0 Å². The Morgan fingerprint density at radius 3 is 1.60 bits per heavy atom.